The Morgan fingerprint density at radius 1 is 1.40 bits per heavy atom. The second kappa shape index (κ2) is 5.31. The van der Waals surface area contributed by atoms with E-state index in [0.29, 0.717) is 24.4 Å². The molecule has 1 aromatic rings. The van der Waals surface area contributed by atoms with Gasteiger partial charge in [-0.2, -0.15) is 0 Å². The maximum absolute atomic E-state index is 12.0. The van der Waals surface area contributed by atoms with Crippen molar-refractivity contribution in [2.24, 2.45) is 11.3 Å². The summed E-state index contributed by atoms with van der Waals surface area (Å²) in [5.74, 6) is 0.561. The number of aromatic nitrogens is 2. The summed E-state index contributed by atoms with van der Waals surface area (Å²) in [6.45, 7) is 8.06. The first-order valence-corrected chi connectivity index (χ1v) is 6.96. The molecule has 0 spiro atoms. The molecule has 0 bridgehead atoms. The average molecular weight is 275 g/mol. The fourth-order valence-corrected chi connectivity index (χ4v) is 2.44. The molecule has 5 heteroatoms. The first kappa shape index (κ1) is 14.6. The number of hydrogen-bond donors (Lipinski definition) is 1. The number of anilines is 1. The maximum atomic E-state index is 12.0. The lowest BCUT2D eigenvalue weighted by Gasteiger charge is -2.29. The third kappa shape index (κ3) is 3.40. The van der Waals surface area contributed by atoms with Gasteiger partial charge in [0.15, 0.2) is 5.78 Å². The number of carbonyl (C=O) groups is 2. The van der Waals surface area contributed by atoms with Crippen LogP contribution in [0, 0.1) is 11.3 Å². The summed E-state index contributed by atoms with van der Waals surface area (Å²) in [6.07, 6.45) is 3.21. The van der Waals surface area contributed by atoms with Crippen LogP contribution in [-0.4, -0.2) is 21.7 Å². The van der Waals surface area contributed by atoms with Crippen LogP contribution in [0.2, 0.25) is 0 Å². The number of ketones is 1. The van der Waals surface area contributed by atoms with Crippen molar-refractivity contribution < 1.29 is 9.59 Å². The highest BCUT2D eigenvalue weighted by molar-refractivity contribution is 5.98. The summed E-state index contributed by atoms with van der Waals surface area (Å²) in [7, 11) is 0. The standard InChI is InChI=1S/C15H21N3O2/c1-9(2)5-13(20)18-14-16-8-10-11(17-14)6-15(3,4)7-12(10)19/h8-9H,5-7H2,1-4H3,(H,16,17,18,20). The van der Waals surface area contributed by atoms with Gasteiger partial charge in [0.25, 0.3) is 0 Å². The average Bonchev–Trinajstić information content (AvgIpc) is 2.24. The normalized spacial score (nSPS) is 16.9. The van der Waals surface area contributed by atoms with Crippen LogP contribution in [0.5, 0.6) is 0 Å². The highest BCUT2D eigenvalue weighted by Crippen LogP contribution is 2.33. The van der Waals surface area contributed by atoms with Gasteiger partial charge < -0.3 is 0 Å². The van der Waals surface area contributed by atoms with Gasteiger partial charge in [-0.15, -0.1) is 0 Å². The van der Waals surface area contributed by atoms with Gasteiger partial charge in [-0.3, -0.25) is 14.9 Å². The van der Waals surface area contributed by atoms with Crippen molar-refractivity contribution in [2.75, 3.05) is 5.32 Å². The SMILES string of the molecule is CC(C)CC(=O)Nc1ncc2c(n1)CC(C)(C)CC2=O. The first-order chi connectivity index (χ1) is 9.27. The molecule has 1 aromatic heterocycles. The highest BCUT2D eigenvalue weighted by Gasteiger charge is 2.32. The highest BCUT2D eigenvalue weighted by atomic mass is 16.1. The van der Waals surface area contributed by atoms with Gasteiger partial charge in [-0.25, -0.2) is 9.97 Å². The van der Waals surface area contributed by atoms with Crippen molar-refractivity contribution in [1.82, 2.24) is 9.97 Å². The summed E-state index contributed by atoms with van der Waals surface area (Å²) >= 11 is 0. The number of amides is 1. The van der Waals surface area contributed by atoms with Crippen molar-refractivity contribution in [3.05, 3.63) is 17.5 Å². The summed E-state index contributed by atoms with van der Waals surface area (Å²) in [5, 5.41) is 2.69. The Morgan fingerprint density at radius 3 is 2.75 bits per heavy atom. The van der Waals surface area contributed by atoms with Crippen molar-refractivity contribution in [3.8, 4) is 0 Å². The van der Waals surface area contributed by atoms with E-state index >= 15 is 0 Å². The molecule has 5 nitrogen and oxygen atoms in total. The minimum atomic E-state index is -0.0960. The Labute approximate surface area is 119 Å². The summed E-state index contributed by atoms with van der Waals surface area (Å²) in [6, 6.07) is 0. The summed E-state index contributed by atoms with van der Waals surface area (Å²) < 4.78 is 0. The van der Waals surface area contributed by atoms with Crippen molar-refractivity contribution in [2.45, 2.75) is 47.0 Å². The van der Waals surface area contributed by atoms with Gasteiger partial charge >= 0.3 is 0 Å². The van der Waals surface area contributed by atoms with Crippen LogP contribution >= 0.6 is 0 Å². The maximum Gasteiger partial charge on any atom is 0.229 e. The molecule has 1 amide bonds. The molecular formula is C15H21N3O2. The van der Waals surface area contributed by atoms with Crippen LogP contribution in [0.4, 0.5) is 5.95 Å². The molecule has 108 valence electrons. The quantitative estimate of drug-likeness (QED) is 0.920. The second-order valence-electron chi connectivity index (χ2n) is 6.64. The Balaban J connectivity index is 2.19. The van der Waals surface area contributed by atoms with Crippen LogP contribution in [0.3, 0.4) is 0 Å². The predicted molar refractivity (Wildman–Crippen MR) is 76.5 cm³/mol. The Morgan fingerprint density at radius 2 is 2.10 bits per heavy atom. The summed E-state index contributed by atoms with van der Waals surface area (Å²) in [4.78, 5) is 32.2. The summed E-state index contributed by atoms with van der Waals surface area (Å²) in [5.41, 5.74) is 1.24. The minimum absolute atomic E-state index is 0.0799. The van der Waals surface area contributed by atoms with Crippen LogP contribution < -0.4 is 5.32 Å². The number of nitrogens with one attached hydrogen (secondary N) is 1. The molecule has 20 heavy (non-hydrogen) atoms. The van der Waals surface area contributed by atoms with Crippen LogP contribution in [0.15, 0.2) is 6.20 Å². The number of Topliss-reactive ketones (excluding diaryl/α,β-unsaturated/α-hetero) is 1. The van der Waals surface area contributed by atoms with Crippen molar-refractivity contribution in [3.63, 3.8) is 0 Å². The van der Waals surface area contributed by atoms with E-state index in [1.165, 1.54) is 6.20 Å². The molecule has 2 rings (SSSR count). The molecule has 1 N–H and O–H groups in total. The number of hydrogen-bond acceptors (Lipinski definition) is 4. The van der Waals surface area contributed by atoms with E-state index in [2.05, 4.69) is 15.3 Å². The lowest BCUT2D eigenvalue weighted by molar-refractivity contribution is -0.116. The monoisotopic (exact) mass is 275 g/mol. The molecule has 0 fully saturated rings. The number of fused-ring (bicyclic) bond motifs is 1. The van der Waals surface area contributed by atoms with E-state index in [0.717, 1.165) is 12.1 Å². The van der Waals surface area contributed by atoms with E-state index in [9.17, 15) is 9.59 Å². The Bertz CT molecular complexity index is 550. The smallest absolute Gasteiger partial charge is 0.229 e. The fraction of sp³-hybridized carbons (Fsp3) is 0.600. The molecule has 0 saturated carbocycles. The molecule has 0 atom stereocenters. The molecule has 1 aliphatic rings. The van der Waals surface area contributed by atoms with Crippen LogP contribution in [0.1, 0.15) is 56.6 Å². The minimum Gasteiger partial charge on any atom is -0.295 e. The topological polar surface area (TPSA) is 72.0 Å². The van der Waals surface area contributed by atoms with Gasteiger partial charge in [0.2, 0.25) is 11.9 Å². The predicted octanol–water partition coefficient (Wildman–Crippen LogP) is 2.62. The lowest BCUT2D eigenvalue weighted by Crippen LogP contribution is -2.28. The van der Waals surface area contributed by atoms with Crippen molar-refractivity contribution >= 4 is 17.6 Å². The molecule has 0 radical (unpaired) electrons. The first-order valence-electron chi connectivity index (χ1n) is 6.96. The molecule has 0 aliphatic heterocycles. The van der Waals surface area contributed by atoms with Crippen LogP contribution in [0.25, 0.3) is 0 Å². The van der Waals surface area contributed by atoms with Gasteiger partial charge in [0, 0.05) is 19.0 Å². The van der Waals surface area contributed by atoms with Crippen molar-refractivity contribution in [1.29, 1.82) is 0 Å². The molecule has 0 saturated heterocycles. The zero-order valence-electron chi connectivity index (χ0n) is 12.5. The largest absolute Gasteiger partial charge is 0.295 e. The Hall–Kier alpha value is -1.78. The van der Waals surface area contributed by atoms with Gasteiger partial charge in [-0.1, -0.05) is 27.7 Å². The second-order valence-corrected chi connectivity index (χ2v) is 6.64. The van der Waals surface area contributed by atoms with Gasteiger partial charge in [0.05, 0.1) is 11.3 Å². The number of nitrogens with zero attached hydrogens (tertiary/aromatic N) is 2. The lowest BCUT2D eigenvalue weighted by atomic mass is 9.76. The number of carbonyl (C=O) groups excluding carboxylic acids is 2. The third-order valence-corrected chi connectivity index (χ3v) is 3.30. The van der Waals surface area contributed by atoms with E-state index in [4.69, 9.17) is 0 Å². The van der Waals surface area contributed by atoms with E-state index in [1.54, 1.807) is 0 Å². The van der Waals surface area contributed by atoms with Crippen LogP contribution in [-0.2, 0) is 11.2 Å². The third-order valence-electron chi connectivity index (χ3n) is 3.30. The molecule has 1 heterocycles. The van der Waals surface area contributed by atoms with Gasteiger partial charge in [-0.05, 0) is 17.8 Å². The van der Waals surface area contributed by atoms with Gasteiger partial charge in [0.1, 0.15) is 0 Å². The zero-order chi connectivity index (χ0) is 14.9. The molecule has 0 aromatic carbocycles. The molecule has 0 unspecified atom stereocenters. The van der Waals surface area contributed by atoms with E-state index in [-0.39, 0.29) is 23.0 Å². The Kier molecular flexibility index (Phi) is 3.88. The fourth-order valence-electron chi connectivity index (χ4n) is 2.44. The zero-order valence-corrected chi connectivity index (χ0v) is 12.5. The van der Waals surface area contributed by atoms with E-state index < -0.39 is 0 Å². The molecular weight excluding hydrogens is 254 g/mol. The van der Waals surface area contributed by atoms with E-state index in [1.807, 2.05) is 27.7 Å². The molecule has 1 aliphatic carbocycles. The number of rotatable bonds is 3.